The van der Waals surface area contributed by atoms with Gasteiger partial charge in [-0.15, -0.1) is 0 Å². The van der Waals surface area contributed by atoms with Crippen molar-refractivity contribution in [3.63, 3.8) is 0 Å². The number of rotatable bonds is 5. The lowest BCUT2D eigenvalue weighted by Gasteiger charge is -2.30. The van der Waals surface area contributed by atoms with Gasteiger partial charge in [-0.2, -0.15) is 0 Å². The Morgan fingerprint density at radius 2 is 2.00 bits per heavy atom. The second-order valence-corrected chi connectivity index (χ2v) is 4.77. The van der Waals surface area contributed by atoms with Crippen LogP contribution in [0.4, 0.5) is 0 Å². The summed E-state index contributed by atoms with van der Waals surface area (Å²) in [5, 5.41) is 10.6. The first-order valence-corrected chi connectivity index (χ1v) is 5.93. The number of nitro groups is 1. The zero-order chi connectivity index (χ0) is 12.1. The molecule has 1 rings (SSSR count). The summed E-state index contributed by atoms with van der Waals surface area (Å²) in [5.74, 6) is -0.708. The molecule has 0 radical (unpaired) electrons. The van der Waals surface area contributed by atoms with Crippen LogP contribution in [-0.4, -0.2) is 17.4 Å². The number of primary amides is 1. The van der Waals surface area contributed by atoms with E-state index in [2.05, 4.69) is 0 Å². The molecule has 2 N–H and O–H groups in total. The molecule has 2 atom stereocenters. The summed E-state index contributed by atoms with van der Waals surface area (Å²) in [6.07, 6.45) is 5.42. The molecule has 1 aliphatic rings. The van der Waals surface area contributed by atoms with E-state index >= 15 is 0 Å². The first kappa shape index (κ1) is 12.9. The number of hydrogen-bond acceptors (Lipinski definition) is 3. The van der Waals surface area contributed by atoms with Gasteiger partial charge in [-0.3, -0.25) is 14.9 Å². The molecule has 0 aliphatic heterocycles. The lowest BCUT2D eigenvalue weighted by atomic mass is 9.74. The number of carbonyl (C=O) groups is 1. The lowest BCUT2D eigenvalue weighted by molar-refractivity contribution is -0.491. The molecule has 0 aromatic rings. The number of nitrogens with zero attached hydrogens (tertiary/aromatic N) is 1. The monoisotopic (exact) mass is 228 g/mol. The van der Waals surface area contributed by atoms with Crippen LogP contribution >= 0.6 is 0 Å². The summed E-state index contributed by atoms with van der Waals surface area (Å²) in [5.41, 5.74) is 5.26. The molecule has 1 amide bonds. The van der Waals surface area contributed by atoms with Crippen LogP contribution < -0.4 is 5.73 Å². The van der Waals surface area contributed by atoms with Crippen LogP contribution in [0.25, 0.3) is 0 Å². The van der Waals surface area contributed by atoms with Gasteiger partial charge in [-0.05, 0) is 18.8 Å². The molecule has 0 aromatic carbocycles. The molecular formula is C11H20N2O3. The van der Waals surface area contributed by atoms with Gasteiger partial charge in [0.2, 0.25) is 12.5 Å². The van der Waals surface area contributed by atoms with E-state index in [0.717, 1.165) is 25.7 Å². The fourth-order valence-electron chi connectivity index (χ4n) is 2.66. The van der Waals surface area contributed by atoms with Crippen molar-refractivity contribution in [2.75, 3.05) is 6.54 Å². The Labute approximate surface area is 95.5 Å². The summed E-state index contributed by atoms with van der Waals surface area (Å²) in [6, 6.07) is 0. The molecule has 0 saturated heterocycles. The summed E-state index contributed by atoms with van der Waals surface area (Å²) < 4.78 is 0. The standard InChI is InChI=1S/C11H20N2O3/c1-8(11(12)14)10(7-13(15)16)9-5-3-2-4-6-9/h8-10H,2-7H2,1H3,(H2,12,14)/t8-,10+/m0/s1. The molecule has 92 valence electrons. The summed E-state index contributed by atoms with van der Waals surface area (Å²) in [6.45, 7) is 1.58. The molecule has 16 heavy (non-hydrogen) atoms. The topological polar surface area (TPSA) is 86.2 Å². The molecule has 0 bridgehead atoms. The van der Waals surface area contributed by atoms with Gasteiger partial charge in [0.05, 0.1) is 0 Å². The van der Waals surface area contributed by atoms with Gasteiger partial charge in [-0.25, -0.2) is 0 Å². The second kappa shape index (κ2) is 5.82. The Bertz CT molecular complexity index is 262. The third-order valence-corrected chi connectivity index (χ3v) is 3.71. The molecular weight excluding hydrogens is 208 g/mol. The Kier molecular flexibility index (Phi) is 4.71. The average Bonchev–Trinajstić information content (AvgIpc) is 2.26. The van der Waals surface area contributed by atoms with Crippen LogP contribution in [0.15, 0.2) is 0 Å². The largest absolute Gasteiger partial charge is 0.369 e. The third kappa shape index (κ3) is 3.47. The van der Waals surface area contributed by atoms with E-state index in [9.17, 15) is 14.9 Å². The molecule has 5 nitrogen and oxygen atoms in total. The second-order valence-electron chi connectivity index (χ2n) is 4.77. The highest BCUT2D eigenvalue weighted by molar-refractivity contribution is 5.76. The highest BCUT2D eigenvalue weighted by Gasteiger charge is 2.34. The highest BCUT2D eigenvalue weighted by Crippen LogP contribution is 2.34. The fraction of sp³-hybridized carbons (Fsp3) is 0.909. The average molecular weight is 228 g/mol. The third-order valence-electron chi connectivity index (χ3n) is 3.71. The minimum atomic E-state index is -0.419. The Balaban J connectivity index is 2.68. The first-order valence-electron chi connectivity index (χ1n) is 5.93. The van der Waals surface area contributed by atoms with E-state index in [1.807, 2.05) is 0 Å². The predicted octanol–water partition coefficient (Wildman–Crippen LogP) is 1.58. The summed E-state index contributed by atoms with van der Waals surface area (Å²) >= 11 is 0. The van der Waals surface area contributed by atoms with E-state index in [1.165, 1.54) is 6.42 Å². The van der Waals surface area contributed by atoms with Gasteiger partial charge in [0.15, 0.2) is 0 Å². The van der Waals surface area contributed by atoms with Crippen LogP contribution in [0.1, 0.15) is 39.0 Å². The first-order chi connectivity index (χ1) is 7.52. The number of amides is 1. The van der Waals surface area contributed by atoms with Crippen molar-refractivity contribution in [1.82, 2.24) is 0 Å². The van der Waals surface area contributed by atoms with Crippen molar-refractivity contribution in [3.05, 3.63) is 10.1 Å². The van der Waals surface area contributed by atoms with Gasteiger partial charge in [0, 0.05) is 16.8 Å². The zero-order valence-corrected chi connectivity index (χ0v) is 9.72. The van der Waals surface area contributed by atoms with Gasteiger partial charge in [-0.1, -0.05) is 26.2 Å². The maximum Gasteiger partial charge on any atom is 0.220 e. The zero-order valence-electron chi connectivity index (χ0n) is 9.72. The van der Waals surface area contributed by atoms with Crippen molar-refractivity contribution in [1.29, 1.82) is 0 Å². The molecule has 5 heteroatoms. The van der Waals surface area contributed by atoms with E-state index in [4.69, 9.17) is 5.73 Å². The number of carbonyl (C=O) groups excluding carboxylic acids is 1. The van der Waals surface area contributed by atoms with Gasteiger partial charge < -0.3 is 5.73 Å². The van der Waals surface area contributed by atoms with E-state index in [-0.39, 0.29) is 17.4 Å². The Morgan fingerprint density at radius 1 is 1.44 bits per heavy atom. The molecule has 1 fully saturated rings. The Morgan fingerprint density at radius 3 is 2.44 bits per heavy atom. The van der Waals surface area contributed by atoms with Gasteiger partial charge >= 0.3 is 0 Å². The van der Waals surface area contributed by atoms with Crippen LogP contribution in [0, 0.1) is 27.9 Å². The minimum Gasteiger partial charge on any atom is -0.369 e. The fourth-order valence-corrected chi connectivity index (χ4v) is 2.66. The van der Waals surface area contributed by atoms with E-state index in [1.54, 1.807) is 6.92 Å². The van der Waals surface area contributed by atoms with Crippen molar-refractivity contribution in [2.24, 2.45) is 23.5 Å². The minimum absolute atomic E-state index is 0.130. The summed E-state index contributed by atoms with van der Waals surface area (Å²) in [4.78, 5) is 21.5. The van der Waals surface area contributed by atoms with Crippen molar-refractivity contribution in [3.8, 4) is 0 Å². The number of hydrogen-bond donors (Lipinski definition) is 1. The lowest BCUT2D eigenvalue weighted by Crippen LogP contribution is -2.37. The van der Waals surface area contributed by atoms with Crippen molar-refractivity contribution >= 4 is 5.91 Å². The molecule has 0 spiro atoms. The van der Waals surface area contributed by atoms with Crippen molar-refractivity contribution < 1.29 is 9.72 Å². The maximum atomic E-state index is 11.2. The molecule has 1 aliphatic carbocycles. The van der Waals surface area contributed by atoms with Crippen LogP contribution in [0.2, 0.25) is 0 Å². The number of nitrogens with two attached hydrogens (primary N) is 1. The molecule has 1 saturated carbocycles. The van der Waals surface area contributed by atoms with Crippen LogP contribution in [-0.2, 0) is 4.79 Å². The Hall–Kier alpha value is -1.13. The highest BCUT2D eigenvalue weighted by atomic mass is 16.6. The van der Waals surface area contributed by atoms with E-state index < -0.39 is 11.8 Å². The SMILES string of the molecule is C[C@H](C(N)=O)[C@@H](C[N+](=O)[O-])C1CCCCC1. The van der Waals surface area contributed by atoms with Crippen LogP contribution in [0.5, 0.6) is 0 Å². The maximum absolute atomic E-state index is 11.2. The normalized spacial score (nSPS) is 21.3. The predicted molar refractivity (Wildman–Crippen MR) is 60.3 cm³/mol. The smallest absolute Gasteiger partial charge is 0.220 e. The van der Waals surface area contributed by atoms with Gasteiger partial charge in [0.1, 0.15) is 0 Å². The van der Waals surface area contributed by atoms with Crippen LogP contribution in [0.3, 0.4) is 0 Å². The molecule has 0 heterocycles. The van der Waals surface area contributed by atoms with Gasteiger partial charge in [0.25, 0.3) is 0 Å². The molecule has 0 unspecified atom stereocenters. The molecule has 0 aromatic heterocycles. The quantitative estimate of drug-likeness (QED) is 0.572. The van der Waals surface area contributed by atoms with Crippen molar-refractivity contribution in [2.45, 2.75) is 39.0 Å². The summed E-state index contributed by atoms with van der Waals surface area (Å²) in [7, 11) is 0. The van der Waals surface area contributed by atoms with E-state index in [0.29, 0.717) is 5.92 Å².